The van der Waals surface area contributed by atoms with Gasteiger partial charge in [0.15, 0.2) is 25.2 Å². The molecule has 4 fully saturated rings. The number of carbonyl (C=O) groups excluding carboxylic acids is 2. The fourth-order valence-corrected chi connectivity index (χ4v) is 6.25. The van der Waals surface area contributed by atoms with E-state index in [0.29, 0.717) is 0 Å². The molecule has 0 aromatic carbocycles. The second-order valence-corrected chi connectivity index (χ2v) is 12.7. The predicted molar refractivity (Wildman–Crippen MR) is 157 cm³/mol. The number of amides is 2. The van der Waals surface area contributed by atoms with Crippen molar-refractivity contribution in [3.05, 3.63) is 0 Å². The lowest BCUT2D eigenvalue weighted by Gasteiger charge is -2.47. The van der Waals surface area contributed by atoms with Crippen molar-refractivity contribution < 1.29 is 104 Å². The predicted octanol–water partition coefficient (Wildman–Crippen LogP) is -9.46. The first kappa shape index (κ1) is 41.9. The van der Waals surface area contributed by atoms with Crippen LogP contribution in [0.1, 0.15) is 13.8 Å². The molecule has 2 amide bonds. The Bertz CT molecular complexity index is 1140. The van der Waals surface area contributed by atoms with E-state index in [1.54, 1.807) is 0 Å². The number of nitrogens with one attached hydrogen (secondary N) is 2. The first-order valence-corrected chi connectivity index (χ1v) is 16.1. The lowest BCUT2D eigenvalue weighted by atomic mass is 9.95. The summed E-state index contributed by atoms with van der Waals surface area (Å²) in [7, 11) is 0. The van der Waals surface area contributed by atoms with Gasteiger partial charge in [-0.05, 0) is 0 Å². The molecular formula is C28H48N2O21. The van der Waals surface area contributed by atoms with Gasteiger partial charge in [0.1, 0.15) is 97.5 Å². The number of aliphatic hydroxyl groups excluding tert-OH is 12. The van der Waals surface area contributed by atoms with Crippen molar-refractivity contribution in [2.45, 2.75) is 137 Å². The van der Waals surface area contributed by atoms with Crippen molar-refractivity contribution in [1.29, 1.82) is 0 Å². The summed E-state index contributed by atoms with van der Waals surface area (Å²) in [5.74, 6) is -1.32. The van der Waals surface area contributed by atoms with Crippen molar-refractivity contribution in [3.63, 3.8) is 0 Å². The summed E-state index contributed by atoms with van der Waals surface area (Å²) < 4.78 is 38.7. The largest absolute Gasteiger partial charge is 0.394 e. The zero-order chi connectivity index (χ0) is 37.9. The average Bonchev–Trinajstić information content (AvgIpc) is 3.09. The van der Waals surface area contributed by atoms with Crippen molar-refractivity contribution in [2.24, 2.45) is 0 Å². The third kappa shape index (κ3) is 9.29. The number of rotatable bonds is 12. The highest BCUT2D eigenvalue weighted by Gasteiger charge is 2.53. The molecule has 23 heteroatoms. The minimum atomic E-state index is -1.96. The molecular weight excluding hydrogens is 700 g/mol. The normalized spacial score (nSPS) is 47.8. The van der Waals surface area contributed by atoms with Crippen molar-refractivity contribution >= 4 is 11.8 Å². The van der Waals surface area contributed by atoms with E-state index in [0.717, 1.165) is 13.8 Å². The zero-order valence-electron chi connectivity index (χ0n) is 27.4. The lowest BCUT2D eigenvalue weighted by Crippen LogP contribution is -2.68. The third-order valence-corrected chi connectivity index (χ3v) is 8.99. The Hall–Kier alpha value is -1.82. The average molecular weight is 749 g/mol. The molecule has 0 aromatic heterocycles. The quantitative estimate of drug-likeness (QED) is 0.0881. The number of hydrogen-bond acceptors (Lipinski definition) is 21. The molecule has 23 nitrogen and oxygen atoms in total. The van der Waals surface area contributed by atoms with E-state index < -0.39 is 161 Å². The van der Waals surface area contributed by atoms with Gasteiger partial charge in [-0.1, -0.05) is 0 Å². The molecule has 0 spiro atoms. The Morgan fingerprint density at radius 1 is 0.510 bits per heavy atom. The van der Waals surface area contributed by atoms with Crippen LogP contribution in [-0.4, -0.2) is 222 Å². The Kier molecular flexibility index (Phi) is 14.8. The van der Waals surface area contributed by atoms with Crippen LogP contribution in [0.3, 0.4) is 0 Å². The van der Waals surface area contributed by atoms with Crippen LogP contribution >= 0.6 is 0 Å². The summed E-state index contributed by atoms with van der Waals surface area (Å²) in [6.45, 7) is -0.984. The second-order valence-electron chi connectivity index (χ2n) is 12.7. The number of carbonyl (C=O) groups is 2. The molecule has 0 radical (unpaired) electrons. The van der Waals surface area contributed by atoms with Crippen LogP contribution in [-0.2, 0) is 42.7 Å². The van der Waals surface area contributed by atoms with E-state index >= 15 is 0 Å². The minimum Gasteiger partial charge on any atom is -0.394 e. The van der Waals surface area contributed by atoms with E-state index in [9.17, 15) is 70.9 Å². The smallest absolute Gasteiger partial charge is 0.217 e. The molecule has 0 aliphatic carbocycles. The van der Waals surface area contributed by atoms with Crippen LogP contribution in [0.15, 0.2) is 0 Å². The Labute approximate surface area is 289 Å². The van der Waals surface area contributed by atoms with Gasteiger partial charge in [-0.2, -0.15) is 0 Å². The Balaban J connectivity index is 1.43. The minimum absolute atomic E-state index is 0.656. The molecule has 0 aromatic rings. The van der Waals surface area contributed by atoms with E-state index in [-0.39, 0.29) is 0 Å². The highest BCUT2D eigenvalue weighted by atomic mass is 16.8. The molecule has 0 unspecified atom stereocenters. The van der Waals surface area contributed by atoms with Crippen LogP contribution in [0.5, 0.6) is 0 Å². The summed E-state index contributed by atoms with van der Waals surface area (Å²) in [5.41, 5.74) is 0. The SMILES string of the molecule is CC(=O)N[C@@H]1[C@@H](O)[C@H](O[C@@H]2O[C@H](CO[C@H]3O[C@H](CO)[C@@H](O[C@@H]4O[C@H](CO)[C@@H](O)[C@H](O)[C@H]4NC(C)=O)[C@H](O)[C@@H]3O)[C@@H](O)[C@H](O)[C@@H]2O)[C@@H](CO)O[C@H]1O. The van der Waals surface area contributed by atoms with Crippen LogP contribution in [0.4, 0.5) is 0 Å². The fourth-order valence-electron chi connectivity index (χ4n) is 6.25. The molecule has 4 heterocycles. The molecule has 0 saturated carbocycles. The lowest BCUT2D eigenvalue weighted by molar-refractivity contribution is -0.363. The Morgan fingerprint density at radius 2 is 0.980 bits per heavy atom. The summed E-state index contributed by atoms with van der Waals surface area (Å²) in [6.07, 6.45) is -30.8. The summed E-state index contributed by atoms with van der Waals surface area (Å²) in [6, 6.07) is -2.88. The topological polar surface area (TPSA) is 366 Å². The van der Waals surface area contributed by atoms with Gasteiger partial charge in [-0.25, -0.2) is 0 Å². The van der Waals surface area contributed by atoms with Crippen LogP contribution in [0.25, 0.3) is 0 Å². The highest BCUT2D eigenvalue weighted by Crippen LogP contribution is 2.32. The van der Waals surface area contributed by atoms with Gasteiger partial charge >= 0.3 is 0 Å². The van der Waals surface area contributed by atoms with Crippen molar-refractivity contribution in [1.82, 2.24) is 10.6 Å². The van der Waals surface area contributed by atoms with Gasteiger partial charge in [0.25, 0.3) is 0 Å². The van der Waals surface area contributed by atoms with Crippen LogP contribution < -0.4 is 10.6 Å². The van der Waals surface area contributed by atoms with Gasteiger partial charge in [-0.3, -0.25) is 9.59 Å². The van der Waals surface area contributed by atoms with Gasteiger partial charge in [0.2, 0.25) is 11.8 Å². The number of ether oxygens (including phenoxy) is 7. The first-order valence-electron chi connectivity index (χ1n) is 16.1. The molecule has 20 atom stereocenters. The van der Waals surface area contributed by atoms with Crippen LogP contribution in [0, 0.1) is 0 Å². The molecule has 51 heavy (non-hydrogen) atoms. The zero-order valence-corrected chi connectivity index (χ0v) is 27.4. The summed E-state index contributed by atoms with van der Waals surface area (Å²) in [4.78, 5) is 23.4. The first-order chi connectivity index (χ1) is 24.0. The van der Waals surface area contributed by atoms with Crippen LogP contribution in [0.2, 0.25) is 0 Å². The maximum Gasteiger partial charge on any atom is 0.217 e. The van der Waals surface area contributed by atoms with Gasteiger partial charge < -0.3 is 105 Å². The van der Waals surface area contributed by atoms with Gasteiger partial charge in [0, 0.05) is 13.8 Å². The standard InChI is InChI=1S/C28H48N2O21/c1-7(34)29-13-18(39)23(10(4-32)46-25(13)44)51-28-21(42)19(40)16(37)12(49-28)6-45-27-22(43)20(41)24(11(5-33)48-27)50-26-14(30-8(2)35)17(38)15(36)9(3-31)47-26/h9-28,31-33,36-44H,3-6H2,1-2H3,(H,29,34)(H,30,35)/t9-,10-,11-,12-,13-,14-,15-,16-,17-,18-,19+,20-,21+,22+,23-,24-,25-,26+,27+,28+/m1/s1. The monoisotopic (exact) mass is 748 g/mol. The molecule has 0 bridgehead atoms. The Morgan fingerprint density at radius 3 is 1.57 bits per heavy atom. The van der Waals surface area contributed by atoms with E-state index in [4.69, 9.17) is 33.2 Å². The highest BCUT2D eigenvalue weighted by molar-refractivity contribution is 5.73. The summed E-state index contributed by atoms with van der Waals surface area (Å²) >= 11 is 0. The van der Waals surface area contributed by atoms with E-state index in [1.165, 1.54) is 0 Å². The fraction of sp³-hybridized carbons (Fsp3) is 0.929. The molecule has 4 saturated heterocycles. The molecule has 4 aliphatic rings. The number of aliphatic hydroxyl groups is 12. The third-order valence-electron chi connectivity index (χ3n) is 8.99. The van der Waals surface area contributed by atoms with Crippen molar-refractivity contribution in [2.75, 3.05) is 26.4 Å². The molecule has 14 N–H and O–H groups in total. The second kappa shape index (κ2) is 18.0. The maximum atomic E-state index is 11.8. The molecule has 296 valence electrons. The van der Waals surface area contributed by atoms with Crippen molar-refractivity contribution in [3.8, 4) is 0 Å². The molecule has 4 aliphatic heterocycles. The van der Waals surface area contributed by atoms with E-state index in [1.807, 2.05) is 0 Å². The summed E-state index contributed by atoms with van der Waals surface area (Å²) in [5, 5.41) is 129. The van der Waals surface area contributed by atoms with E-state index in [2.05, 4.69) is 10.6 Å². The number of hydrogen-bond donors (Lipinski definition) is 14. The molecule has 4 rings (SSSR count). The van der Waals surface area contributed by atoms with Gasteiger partial charge in [-0.15, -0.1) is 0 Å². The van der Waals surface area contributed by atoms with Gasteiger partial charge in [0.05, 0.1) is 26.4 Å². The maximum absolute atomic E-state index is 11.8.